The molecule has 0 spiro atoms. The lowest BCUT2D eigenvalue weighted by Gasteiger charge is -2.15. The molecule has 0 amide bonds. The minimum Gasteiger partial charge on any atom is -0.303 e. The number of hydrogen-bond acceptors (Lipinski definition) is 2. The predicted molar refractivity (Wildman–Crippen MR) is 46.7 cm³/mol. The van der Waals surface area contributed by atoms with Gasteiger partial charge in [-0.2, -0.15) is 0 Å². The van der Waals surface area contributed by atoms with Crippen molar-refractivity contribution < 1.29 is 9.59 Å². The lowest BCUT2D eigenvalue weighted by Crippen LogP contribution is -2.16. The van der Waals surface area contributed by atoms with Crippen LogP contribution in [0.15, 0.2) is 0 Å². The SMILES string of the molecule is CC(=O)C1CC(C)(C)CC1C=O. The highest BCUT2D eigenvalue weighted by atomic mass is 16.1. The molecule has 2 unspecified atom stereocenters. The van der Waals surface area contributed by atoms with Crippen molar-refractivity contribution in [3.8, 4) is 0 Å². The largest absolute Gasteiger partial charge is 0.303 e. The summed E-state index contributed by atoms with van der Waals surface area (Å²) in [5.74, 6) is 0.118. The van der Waals surface area contributed by atoms with Crippen LogP contribution in [0.1, 0.15) is 33.6 Å². The van der Waals surface area contributed by atoms with Gasteiger partial charge in [-0.3, -0.25) is 4.79 Å². The normalized spacial score (nSPS) is 33.2. The van der Waals surface area contributed by atoms with Crippen molar-refractivity contribution in [3.05, 3.63) is 0 Å². The Labute approximate surface area is 73.3 Å². The fraction of sp³-hybridized carbons (Fsp3) is 0.800. The van der Waals surface area contributed by atoms with Gasteiger partial charge in [-0.1, -0.05) is 13.8 Å². The maximum Gasteiger partial charge on any atom is 0.133 e. The van der Waals surface area contributed by atoms with Gasteiger partial charge in [0.2, 0.25) is 0 Å². The van der Waals surface area contributed by atoms with Crippen LogP contribution in [0, 0.1) is 17.3 Å². The molecule has 1 aliphatic rings. The summed E-state index contributed by atoms with van der Waals surface area (Å²) in [6, 6.07) is 0. The molecule has 0 radical (unpaired) electrons. The van der Waals surface area contributed by atoms with Gasteiger partial charge < -0.3 is 4.79 Å². The molecule has 0 aliphatic heterocycles. The Morgan fingerprint density at radius 2 is 2.00 bits per heavy atom. The molecule has 0 bridgehead atoms. The van der Waals surface area contributed by atoms with Crippen molar-refractivity contribution in [2.75, 3.05) is 0 Å². The highest BCUT2D eigenvalue weighted by Crippen LogP contribution is 2.44. The number of carbonyl (C=O) groups is 2. The van der Waals surface area contributed by atoms with E-state index in [2.05, 4.69) is 13.8 Å². The fourth-order valence-corrected chi connectivity index (χ4v) is 2.20. The first-order chi connectivity index (χ1) is 5.46. The average Bonchev–Trinajstić information content (AvgIpc) is 2.25. The van der Waals surface area contributed by atoms with Gasteiger partial charge in [0, 0.05) is 11.8 Å². The van der Waals surface area contributed by atoms with Crippen molar-refractivity contribution >= 4 is 12.1 Å². The summed E-state index contributed by atoms with van der Waals surface area (Å²) >= 11 is 0. The van der Waals surface area contributed by atoms with E-state index in [-0.39, 0.29) is 23.0 Å². The Bertz CT molecular complexity index is 206. The van der Waals surface area contributed by atoms with Gasteiger partial charge in [-0.25, -0.2) is 0 Å². The van der Waals surface area contributed by atoms with E-state index in [0.29, 0.717) is 0 Å². The first kappa shape index (κ1) is 9.43. The monoisotopic (exact) mass is 168 g/mol. The van der Waals surface area contributed by atoms with Gasteiger partial charge in [0.15, 0.2) is 0 Å². The van der Waals surface area contributed by atoms with E-state index in [4.69, 9.17) is 0 Å². The van der Waals surface area contributed by atoms with Gasteiger partial charge in [0.25, 0.3) is 0 Å². The van der Waals surface area contributed by atoms with Gasteiger partial charge in [-0.05, 0) is 25.2 Å². The summed E-state index contributed by atoms with van der Waals surface area (Å²) in [5.41, 5.74) is 0.169. The van der Waals surface area contributed by atoms with E-state index >= 15 is 0 Å². The quantitative estimate of drug-likeness (QED) is 0.589. The third-order valence-electron chi connectivity index (χ3n) is 2.77. The molecule has 2 heteroatoms. The molecule has 68 valence electrons. The summed E-state index contributed by atoms with van der Waals surface area (Å²) in [6.07, 6.45) is 2.67. The maximum atomic E-state index is 11.1. The Hall–Kier alpha value is -0.660. The molecule has 1 rings (SSSR count). The summed E-state index contributed by atoms with van der Waals surface area (Å²) < 4.78 is 0. The molecular formula is C10H16O2. The number of Topliss-reactive ketones (excluding diaryl/α,β-unsaturated/α-hetero) is 1. The Morgan fingerprint density at radius 1 is 1.42 bits per heavy atom. The molecule has 1 aliphatic carbocycles. The van der Waals surface area contributed by atoms with Crippen molar-refractivity contribution in [2.45, 2.75) is 33.6 Å². The van der Waals surface area contributed by atoms with Crippen LogP contribution in [0.25, 0.3) is 0 Å². The third kappa shape index (κ3) is 1.74. The molecular weight excluding hydrogens is 152 g/mol. The second kappa shape index (κ2) is 3.00. The van der Waals surface area contributed by atoms with Crippen LogP contribution in [0.5, 0.6) is 0 Å². The lowest BCUT2D eigenvalue weighted by molar-refractivity contribution is -0.125. The highest BCUT2D eigenvalue weighted by molar-refractivity contribution is 5.82. The second-order valence-electron chi connectivity index (χ2n) is 4.59. The van der Waals surface area contributed by atoms with Crippen LogP contribution in [0.4, 0.5) is 0 Å². The van der Waals surface area contributed by atoms with E-state index in [1.54, 1.807) is 6.92 Å². The number of hydrogen-bond donors (Lipinski definition) is 0. The van der Waals surface area contributed by atoms with E-state index in [1.807, 2.05) is 0 Å². The number of rotatable bonds is 2. The molecule has 0 aromatic heterocycles. The van der Waals surface area contributed by atoms with Crippen LogP contribution in [0.3, 0.4) is 0 Å². The molecule has 2 atom stereocenters. The van der Waals surface area contributed by atoms with Crippen LogP contribution in [-0.4, -0.2) is 12.1 Å². The number of ketones is 1. The summed E-state index contributed by atoms with van der Waals surface area (Å²) in [6.45, 7) is 5.82. The summed E-state index contributed by atoms with van der Waals surface area (Å²) in [7, 11) is 0. The Balaban J connectivity index is 2.76. The van der Waals surface area contributed by atoms with E-state index in [0.717, 1.165) is 19.1 Å². The minimum atomic E-state index is -0.0301. The average molecular weight is 168 g/mol. The van der Waals surface area contributed by atoms with Gasteiger partial charge >= 0.3 is 0 Å². The first-order valence-corrected chi connectivity index (χ1v) is 4.42. The second-order valence-corrected chi connectivity index (χ2v) is 4.59. The smallest absolute Gasteiger partial charge is 0.133 e. The van der Waals surface area contributed by atoms with Crippen LogP contribution >= 0.6 is 0 Å². The van der Waals surface area contributed by atoms with Gasteiger partial charge in [0.1, 0.15) is 12.1 Å². The van der Waals surface area contributed by atoms with E-state index < -0.39 is 0 Å². The maximum absolute atomic E-state index is 11.1. The lowest BCUT2D eigenvalue weighted by atomic mass is 9.90. The van der Waals surface area contributed by atoms with Crippen molar-refractivity contribution in [1.29, 1.82) is 0 Å². The van der Waals surface area contributed by atoms with E-state index in [9.17, 15) is 9.59 Å². The highest BCUT2D eigenvalue weighted by Gasteiger charge is 2.40. The standard InChI is InChI=1S/C10H16O2/c1-7(12)9-5-10(2,3)4-8(9)6-11/h6,8-9H,4-5H2,1-3H3. The van der Waals surface area contributed by atoms with Crippen molar-refractivity contribution in [3.63, 3.8) is 0 Å². The van der Waals surface area contributed by atoms with Gasteiger partial charge in [-0.15, -0.1) is 0 Å². The topological polar surface area (TPSA) is 34.1 Å². The Kier molecular flexibility index (Phi) is 2.36. The molecule has 12 heavy (non-hydrogen) atoms. The molecule has 1 fully saturated rings. The molecule has 0 aromatic carbocycles. The minimum absolute atomic E-state index is 0.0162. The molecule has 2 nitrogen and oxygen atoms in total. The summed E-state index contributed by atoms with van der Waals surface area (Å²) in [4.78, 5) is 21.8. The molecule has 0 aromatic rings. The zero-order valence-corrected chi connectivity index (χ0v) is 7.96. The van der Waals surface area contributed by atoms with Crippen LogP contribution in [-0.2, 0) is 9.59 Å². The zero-order chi connectivity index (χ0) is 9.35. The number of carbonyl (C=O) groups excluding carboxylic acids is 2. The van der Waals surface area contributed by atoms with E-state index in [1.165, 1.54) is 0 Å². The molecule has 0 N–H and O–H groups in total. The molecule has 0 saturated heterocycles. The van der Waals surface area contributed by atoms with Gasteiger partial charge in [0.05, 0.1) is 0 Å². The first-order valence-electron chi connectivity index (χ1n) is 4.42. The van der Waals surface area contributed by atoms with Crippen molar-refractivity contribution in [1.82, 2.24) is 0 Å². The van der Waals surface area contributed by atoms with Crippen molar-refractivity contribution in [2.24, 2.45) is 17.3 Å². The third-order valence-corrected chi connectivity index (χ3v) is 2.77. The predicted octanol–water partition coefficient (Wildman–Crippen LogP) is 1.83. The van der Waals surface area contributed by atoms with Crippen LogP contribution < -0.4 is 0 Å². The Morgan fingerprint density at radius 3 is 2.33 bits per heavy atom. The van der Waals surface area contributed by atoms with Crippen LogP contribution in [0.2, 0.25) is 0 Å². The molecule has 1 saturated carbocycles. The fourth-order valence-electron chi connectivity index (χ4n) is 2.20. The number of aldehydes is 1. The summed E-state index contributed by atoms with van der Waals surface area (Å²) in [5, 5.41) is 0. The zero-order valence-electron chi connectivity index (χ0n) is 7.96. The molecule has 0 heterocycles.